The third-order valence-electron chi connectivity index (χ3n) is 6.65. The molecule has 0 fully saturated rings. The maximum absolute atomic E-state index is 13.9. The monoisotopic (exact) mass is 640 g/mol. The molecular weight excluding hydrogens is 604 g/mol. The first-order valence-electron chi connectivity index (χ1n) is 13.9. The Labute approximate surface area is 261 Å². The molecule has 0 aliphatic heterocycles. The second-order valence-electron chi connectivity index (χ2n) is 9.58. The Morgan fingerprint density at radius 2 is 1.52 bits per heavy atom. The van der Waals surface area contributed by atoms with E-state index in [0.29, 0.717) is 65.1 Å². The van der Waals surface area contributed by atoms with Crippen LogP contribution >= 0.6 is 11.3 Å². The summed E-state index contributed by atoms with van der Waals surface area (Å²) < 4.78 is 50.5. The summed E-state index contributed by atoms with van der Waals surface area (Å²) >= 11 is 1.26. The van der Waals surface area contributed by atoms with Gasteiger partial charge < -0.3 is 18.9 Å². The number of amides is 1. The molecule has 44 heavy (non-hydrogen) atoms. The Kier molecular flexibility index (Phi) is 10.8. The summed E-state index contributed by atoms with van der Waals surface area (Å²) in [6.45, 7) is 4.71. The second kappa shape index (κ2) is 14.5. The van der Waals surface area contributed by atoms with Crippen LogP contribution in [0.5, 0.6) is 23.0 Å². The topological polar surface area (TPSA) is 120 Å². The lowest BCUT2D eigenvalue weighted by Gasteiger charge is -2.21. The standard InChI is InChI=1S/C31H36N4O7S2/c1-7-15-34(16-8-2)44(37,38)24-12-9-22(10-13-24)30(36)35(31-33-25-14-11-23(39-3)19-28(25)43-31)32-20-21-17-26(40-4)29(42-6)27(18-21)41-5/h9-14,17-20H,7-8,15-16H2,1-6H3/b32-20+. The van der Waals surface area contributed by atoms with Gasteiger partial charge in [-0.2, -0.15) is 14.4 Å². The SMILES string of the molecule is CCCN(CCC)S(=O)(=O)c1ccc(C(=O)N(/N=C/c2cc(OC)c(OC)c(OC)c2)c2nc3ccc(OC)cc3s2)cc1. The van der Waals surface area contributed by atoms with Gasteiger partial charge in [0, 0.05) is 24.2 Å². The summed E-state index contributed by atoms with van der Waals surface area (Å²) in [5.74, 6) is 1.43. The number of aromatic nitrogens is 1. The number of hydrazone groups is 1. The molecule has 0 saturated heterocycles. The predicted octanol–water partition coefficient (Wildman–Crippen LogP) is 5.82. The average Bonchev–Trinajstić information content (AvgIpc) is 3.47. The highest BCUT2D eigenvalue weighted by Crippen LogP contribution is 2.38. The molecular formula is C31H36N4O7S2. The first-order chi connectivity index (χ1) is 21.2. The van der Waals surface area contributed by atoms with E-state index < -0.39 is 15.9 Å². The van der Waals surface area contributed by atoms with Crippen LogP contribution in [0.3, 0.4) is 0 Å². The fourth-order valence-electron chi connectivity index (χ4n) is 4.49. The van der Waals surface area contributed by atoms with Gasteiger partial charge in [0.15, 0.2) is 11.5 Å². The van der Waals surface area contributed by atoms with E-state index in [0.717, 1.165) is 4.70 Å². The summed E-state index contributed by atoms with van der Waals surface area (Å²) in [6.07, 6.45) is 2.88. The van der Waals surface area contributed by atoms with Crippen LogP contribution in [0, 0.1) is 0 Å². The van der Waals surface area contributed by atoms with Crippen LogP contribution in [-0.4, -0.2) is 71.4 Å². The zero-order valence-corrected chi connectivity index (χ0v) is 27.2. The number of nitrogens with zero attached hydrogens (tertiary/aromatic N) is 4. The molecule has 3 aromatic carbocycles. The lowest BCUT2D eigenvalue weighted by molar-refractivity contribution is 0.0987. The minimum absolute atomic E-state index is 0.121. The molecule has 1 aromatic heterocycles. The van der Waals surface area contributed by atoms with E-state index >= 15 is 0 Å². The van der Waals surface area contributed by atoms with E-state index in [1.807, 2.05) is 19.9 Å². The number of carbonyl (C=O) groups excluding carboxylic acids is 1. The highest BCUT2D eigenvalue weighted by Gasteiger charge is 2.25. The molecule has 1 amide bonds. The molecule has 0 spiro atoms. The van der Waals surface area contributed by atoms with Crippen molar-refractivity contribution in [3.8, 4) is 23.0 Å². The normalized spacial score (nSPS) is 11.7. The minimum atomic E-state index is -3.71. The van der Waals surface area contributed by atoms with E-state index in [2.05, 4.69) is 10.1 Å². The third-order valence-corrected chi connectivity index (χ3v) is 9.56. The molecule has 0 saturated carbocycles. The maximum Gasteiger partial charge on any atom is 0.280 e. The number of hydrogen-bond acceptors (Lipinski definition) is 10. The summed E-state index contributed by atoms with van der Waals surface area (Å²) in [6, 6.07) is 14.7. The van der Waals surface area contributed by atoms with Crippen LogP contribution in [0.4, 0.5) is 5.13 Å². The van der Waals surface area contributed by atoms with Gasteiger partial charge >= 0.3 is 0 Å². The Morgan fingerprint density at radius 3 is 2.07 bits per heavy atom. The minimum Gasteiger partial charge on any atom is -0.497 e. The maximum atomic E-state index is 13.9. The summed E-state index contributed by atoms with van der Waals surface area (Å²) in [7, 11) is 2.40. The predicted molar refractivity (Wildman–Crippen MR) is 172 cm³/mol. The number of benzene rings is 3. The molecule has 4 rings (SSSR count). The number of hydrogen-bond donors (Lipinski definition) is 0. The zero-order valence-electron chi connectivity index (χ0n) is 25.6. The third kappa shape index (κ3) is 6.95. The summed E-state index contributed by atoms with van der Waals surface area (Å²) in [5, 5.41) is 6.03. The molecule has 234 valence electrons. The first-order valence-corrected chi connectivity index (χ1v) is 16.2. The fourth-order valence-corrected chi connectivity index (χ4v) is 7.07. The number of methoxy groups -OCH3 is 4. The number of sulfonamides is 1. The van der Waals surface area contributed by atoms with Gasteiger partial charge in [0.05, 0.1) is 49.8 Å². The molecule has 0 aliphatic rings. The van der Waals surface area contributed by atoms with Gasteiger partial charge in [0.1, 0.15) is 5.75 Å². The van der Waals surface area contributed by atoms with E-state index in [9.17, 15) is 13.2 Å². The number of anilines is 1. The first kappa shape index (κ1) is 32.7. The van der Waals surface area contributed by atoms with E-state index in [4.69, 9.17) is 18.9 Å². The van der Waals surface area contributed by atoms with Gasteiger partial charge in [0.25, 0.3) is 5.91 Å². The van der Waals surface area contributed by atoms with Crippen LogP contribution in [0.1, 0.15) is 42.6 Å². The van der Waals surface area contributed by atoms with Crippen molar-refractivity contribution >= 4 is 48.8 Å². The average molecular weight is 641 g/mol. The summed E-state index contributed by atoms with van der Waals surface area (Å²) in [5.41, 5.74) is 1.48. The Bertz CT molecular complexity index is 1710. The zero-order chi connectivity index (χ0) is 31.9. The van der Waals surface area contributed by atoms with Crippen LogP contribution in [0.15, 0.2) is 64.6 Å². The van der Waals surface area contributed by atoms with Crippen molar-refractivity contribution in [2.24, 2.45) is 5.10 Å². The molecule has 0 aliphatic carbocycles. The van der Waals surface area contributed by atoms with Gasteiger partial charge in [-0.25, -0.2) is 13.4 Å². The molecule has 4 aromatic rings. The van der Waals surface area contributed by atoms with Gasteiger partial charge in [0.2, 0.25) is 20.9 Å². The molecule has 0 atom stereocenters. The van der Waals surface area contributed by atoms with Crippen molar-refractivity contribution in [2.75, 3.05) is 46.5 Å². The van der Waals surface area contributed by atoms with E-state index in [-0.39, 0.29) is 10.5 Å². The molecule has 0 bridgehead atoms. The molecule has 11 nitrogen and oxygen atoms in total. The molecule has 0 unspecified atom stereocenters. The fraction of sp³-hybridized carbons (Fsp3) is 0.323. The number of thiazole rings is 1. The lowest BCUT2D eigenvalue weighted by Crippen LogP contribution is -2.32. The van der Waals surface area contributed by atoms with Gasteiger partial charge in [-0.3, -0.25) is 4.79 Å². The van der Waals surface area contributed by atoms with E-state index in [1.165, 1.54) is 72.5 Å². The lowest BCUT2D eigenvalue weighted by atomic mass is 10.2. The highest BCUT2D eigenvalue weighted by atomic mass is 32.2. The summed E-state index contributed by atoms with van der Waals surface area (Å²) in [4.78, 5) is 18.7. The number of fused-ring (bicyclic) bond motifs is 1. The Balaban J connectivity index is 1.75. The number of carbonyl (C=O) groups is 1. The molecule has 0 radical (unpaired) electrons. The largest absolute Gasteiger partial charge is 0.497 e. The van der Waals surface area contributed by atoms with Gasteiger partial charge in [-0.05, 0) is 67.4 Å². The van der Waals surface area contributed by atoms with Gasteiger partial charge in [-0.15, -0.1) is 0 Å². The molecule has 13 heteroatoms. The van der Waals surface area contributed by atoms with Crippen molar-refractivity contribution in [1.29, 1.82) is 0 Å². The number of rotatable bonds is 14. The van der Waals surface area contributed by atoms with Crippen molar-refractivity contribution in [3.05, 3.63) is 65.7 Å². The van der Waals surface area contributed by atoms with Crippen molar-refractivity contribution in [3.63, 3.8) is 0 Å². The van der Waals surface area contributed by atoms with Crippen LogP contribution in [-0.2, 0) is 10.0 Å². The quantitative estimate of drug-likeness (QED) is 0.125. The van der Waals surface area contributed by atoms with Crippen molar-refractivity contribution in [1.82, 2.24) is 9.29 Å². The smallest absolute Gasteiger partial charge is 0.280 e. The van der Waals surface area contributed by atoms with Crippen molar-refractivity contribution < 1.29 is 32.2 Å². The highest BCUT2D eigenvalue weighted by molar-refractivity contribution is 7.89. The number of ether oxygens (including phenoxy) is 4. The van der Waals surface area contributed by atoms with Crippen LogP contribution in [0.25, 0.3) is 10.2 Å². The molecule has 0 N–H and O–H groups in total. The van der Waals surface area contributed by atoms with E-state index in [1.54, 1.807) is 31.4 Å². The van der Waals surface area contributed by atoms with Gasteiger partial charge in [-0.1, -0.05) is 25.2 Å². The van der Waals surface area contributed by atoms with Crippen LogP contribution in [0.2, 0.25) is 0 Å². The van der Waals surface area contributed by atoms with Crippen LogP contribution < -0.4 is 24.0 Å². The Hall–Kier alpha value is -4.20. The Morgan fingerprint density at radius 1 is 0.886 bits per heavy atom. The second-order valence-corrected chi connectivity index (χ2v) is 12.5. The van der Waals surface area contributed by atoms with Crippen molar-refractivity contribution in [2.45, 2.75) is 31.6 Å². The molecule has 1 heterocycles.